The second kappa shape index (κ2) is 17.4. The lowest BCUT2D eigenvalue weighted by atomic mass is 9.77. The van der Waals surface area contributed by atoms with Gasteiger partial charge in [-0.3, -0.25) is 14.2 Å². The van der Waals surface area contributed by atoms with Crippen molar-refractivity contribution in [3.63, 3.8) is 0 Å². The van der Waals surface area contributed by atoms with Crippen LogP contribution in [0.15, 0.2) is 97.3 Å². The van der Waals surface area contributed by atoms with Gasteiger partial charge in [-0.2, -0.15) is 26.3 Å². The van der Waals surface area contributed by atoms with Crippen molar-refractivity contribution >= 4 is 51.1 Å². The highest BCUT2D eigenvalue weighted by atomic mass is 19.4. The quantitative estimate of drug-likeness (QED) is 0.131. The van der Waals surface area contributed by atoms with E-state index in [-0.39, 0.29) is 35.9 Å². The summed E-state index contributed by atoms with van der Waals surface area (Å²) in [5.74, 6) is 1.19. The van der Waals surface area contributed by atoms with Crippen molar-refractivity contribution in [3.05, 3.63) is 120 Å². The van der Waals surface area contributed by atoms with E-state index in [1.54, 1.807) is 57.3 Å². The fourth-order valence-electron chi connectivity index (χ4n) is 7.64. The van der Waals surface area contributed by atoms with Gasteiger partial charge in [-0.05, 0) is 130 Å². The van der Waals surface area contributed by atoms with Gasteiger partial charge >= 0.3 is 18.4 Å². The van der Waals surface area contributed by atoms with Gasteiger partial charge in [-0.15, -0.1) is 0 Å². The van der Waals surface area contributed by atoms with Crippen molar-refractivity contribution < 1.29 is 54.9 Å². The van der Waals surface area contributed by atoms with Crippen LogP contribution in [0.1, 0.15) is 94.4 Å². The largest absolute Gasteiger partial charge is 0.490 e. The molecule has 16 heteroatoms. The van der Waals surface area contributed by atoms with Crippen LogP contribution in [0.2, 0.25) is 0 Å². The lowest BCUT2D eigenvalue weighted by molar-refractivity contribution is -0.138. The van der Waals surface area contributed by atoms with Crippen molar-refractivity contribution in [3.8, 4) is 11.5 Å². The molecule has 3 N–H and O–H groups in total. The monoisotopic (exact) mass is 876 g/mol. The molecule has 63 heavy (non-hydrogen) atoms. The number of aromatic nitrogens is 2. The number of carbonyl (C=O) groups excluding carboxylic acids is 3. The molecule has 2 aromatic heterocycles. The molecule has 0 spiro atoms. The highest BCUT2D eigenvalue weighted by molar-refractivity contribution is 6.04. The van der Waals surface area contributed by atoms with Crippen LogP contribution in [0, 0.1) is 0 Å². The molecular weight excluding hydrogens is 831 g/mol. The predicted octanol–water partition coefficient (Wildman–Crippen LogP) is 12.2. The molecule has 0 radical (unpaired) electrons. The van der Waals surface area contributed by atoms with Crippen LogP contribution >= 0.6 is 0 Å². The molecule has 0 saturated heterocycles. The third-order valence-corrected chi connectivity index (χ3v) is 10.9. The molecular formula is C47H46F6N4O6. The van der Waals surface area contributed by atoms with Crippen molar-refractivity contribution in [2.45, 2.75) is 102 Å². The molecule has 0 bridgehead atoms. The molecule has 10 nitrogen and oxygen atoms in total. The predicted molar refractivity (Wildman–Crippen MR) is 226 cm³/mol. The van der Waals surface area contributed by atoms with Gasteiger partial charge in [-0.1, -0.05) is 24.3 Å². The second-order valence-corrected chi connectivity index (χ2v) is 16.9. The first-order valence-electron chi connectivity index (χ1n) is 20.3. The van der Waals surface area contributed by atoms with E-state index in [1.807, 2.05) is 18.2 Å². The van der Waals surface area contributed by atoms with Crippen LogP contribution in [-0.4, -0.2) is 45.3 Å². The van der Waals surface area contributed by atoms with Gasteiger partial charge in [0.05, 0.1) is 40.2 Å². The minimum Gasteiger partial charge on any atom is -0.490 e. The molecule has 332 valence electrons. The van der Waals surface area contributed by atoms with Crippen LogP contribution < -0.4 is 20.1 Å². The first-order valence-corrected chi connectivity index (χ1v) is 20.3. The number of hydrogen-bond acceptors (Lipinski definition) is 6. The zero-order valence-corrected chi connectivity index (χ0v) is 35.0. The molecule has 2 amide bonds. The molecule has 0 aliphatic heterocycles. The van der Waals surface area contributed by atoms with Crippen LogP contribution in [-0.2, 0) is 26.7 Å². The van der Waals surface area contributed by atoms with Gasteiger partial charge in [0.2, 0.25) is 11.8 Å². The summed E-state index contributed by atoms with van der Waals surface area (Å²) in [5.41, 5.74) is 2.41. The minimum absolute atomic E-state index is 0.0212. The molecule has 2 saturated carbocycles. The lowest BCUT2D eigenvalue weighted by Crippen LogP contribution is -2.32. The Hall–Kier alpha value is -6.45. The molecule has 2 heterocycles. The number of carbonyl (C=O) groups is 3. The third-order valence-electron chi connectivity index (χ3n) is 10.9. The van der Waals surface area contributed by atoms with Gasteiger partial charge in [0.15, 0.2) is 0 Å². The Labute approximate surface area is 358 Å². The first-order chi connectivity index (χ1) is 29.6. The van der Waals surface area contributed by atoms with Crippen LogP contribution in [0.4, 0.5) is 42.5 Å². The van der Waals surface area contributed by atoms with Crippen molar-refractivity contribution in [1.82, 2.24) is 9.55 Å². The number of nitrogens with one attached hydrogen (secondary N) is 3. The van der Waals surface area contributed by atoms with Crippen LogP contribution in [0.3, 0.4) is 0 Å². The number of hydrogen-bond donors (Lipinski definition) is 3. The SMILES string of the molecule is CC(=O)Nc1c[nH]c2ccc(O[C@H]3C[C@H](c4ccc(C(F)(F)F)cc4)C3)cc12.CC(=O)Nc1cn(C(=O)OC(C)(C)C)c2ccc(O[C@H]3C[C@H](c4ccc(C(F)(F)F)cc4)C3)cc12. The van der Waals surface area contributed by atoms with Crippen molar-refractivity contribution in [2.75, 3.05) is 10.6 Å². The molecule has 2 fully saturated rings. The minimum atomic E-state index is -4.35. The van der Waals surface area contributed by atoms with Crippen molar-refractivity contribution in [1.29, 1.82) is 0 Å². The number of benzene rings is 4. The van der Waals surface area contributed by atoms with E-state index >= 15 is 0 Å². The topological polar surface area (TPSA) is 124 Å². The number of anilines is 2. The van der Waals surface area contributed by atoms with E-state index in [0.29, 0.717) is 46.6 Å². The molecule has 4 aromatic carbocycles. The number of amides is 2. The fourth-order valence-corrected chi connectivity index (χ4v) is 7.64. The molecule has 8 rings (SSSR count). The summed E-state index contributed by atoms with van der Waals surface area (Å²) in [4.78, 5) is 38.8. The average molecular weight is 877 g/mol. The number of H-pyrrole nitrogens is 1. The Bertz CT molecular complexity index is 2610. The summed E-state index contributed by atoms with van der Waals surface area (Å²) in [5, 5.41) is 7.00. The smallest absolute Gasteiger partial charge is 0.419 e. The Balaban J connectivity index is 0.000000193. The second-order valence-electron chi connectivity index (χ2n) is 16.9. The number of rotatable bonds is 8. The highest BCUT2D eigenvalue weighted by Gasteiger charge is 2.36. The lowest BCUT2D eigenvalue weighted by Gasteiger charge is -2.35. The summed E-state index contributed by atoms with van der Waals surface area (Å²) < 4.78 is 95.2. The summed E-state index contributed by atoms with van der Waals surface area (Å²) in [6.45, 7) is 8.15. The summed E-state index contributed by atoms with van der Waals surface area (Å²) in [7, 11) is 0. The van der Waals surface area contributed by atoms with E-state index in [4.69, 9.17) is 14.2 Å². The van der Waals surface area contributed by atoms with E-state index in [0.717, 1.165) is 59.1 Å². The summed E-state index contributed by atoms with van der Waals surface area (Å²) >= 11 is 0. The summed E-state index contributed by atoms with van der Waals surface area (Å²) in [6, 6.07) is 21.5. The Morgan fingerprint density at radius 2 is 1.10 bits per heavy atom. The number of aromatic amines is 1. The maximum atomic E-state index is 12.8. The standard InChI is InChI=1S/C26H27F3N2O4.C21H19F3N2O2/c1-15(32)30-22-14-31(24(33)35-25(2,3)4)23-10-9-19(13-21(22)23)34-20-11-17(12-20)16-5-7-18(8-6-16)26(27,28)29;1-12(27)26-20-11-25-19-7-6-16(10-18(19)20)28-17-8-14(9-17)13-2-4-15(5-3-13)21(22,23)24/h5-10,13-14,17,20H,11-12H2,1-4H3,(H,30,32);2-7,10-11,14,17,25H,8-9H2,1H3,(H,26,27)/t17-,20-;14-,17-. The molecule has 0 unspecified atom stereocenters. The maximum Gasteiger partial charge on any atom is 0.419 e. The highest BCUT2D eigenvalue weighted by Crippen LogP contribution is 2.43. The van der Waals surface area contributed by atoms with Gasteiger partial charge in [0.25, 0.3) is 0 Å². The zero-order chi connectivity index (χ0) is 45.4. The van der Waals surface area contributed by atoms with Gasteiger partial charge in [-0.25, -0.2) is 4.79 Å². The van der Waals surface area contributed by atoms with Crippen LogP contribution in [0.5, 0.6) is 11.5 Å². The zero-order valence-electron chi connectivity index (χ0n) is 35.0. The average Bonchev–Trinajstić information content (AvgIpc) is 3.73. The van der Waals surface area contributed by atoms with Crippen molar-refractivity contribution in [2.24, 2.45) is 0 Å². The summed E-state index contributed by atoms with van der Waals surface area (Å²) in [6.07, 6.45) is -3.15. The van der Waals surface area contributed by atoms with Crippen LogP contribution in [0.25, 0.3) is 21.8 Å². The maximum absolute atomic E-state index is 12.8. The number of nitrogens with zero attached hydrogens (tertiary/aromatic N) is 1. The number of halogens is 6. The van der Waals surface area contributed by atoms with Gasteiger partial charge in [0.1, 0.15) is 17.1 Å². The van der Waals surface area contributed by atoms with Gasteiger partial charge < -0.3 is 29.8 Å². The number of alkyl halides is 6. The van der Waals surface area contributed by atoms with E-state index in [2.05, 4.69) is 15.6 Å². The molecule has 0 atom stereocenters. The number of ether oxygens (including phenoxy) is 3. The van der Waals surface area contributed by atoms with Gasteiger partial charge in [0, 0.05) is 42.5 Å². The first kappa shape index (κ1) is 44.6. The molecule has 2 aliphatic rings. The Morgan fingerprint density at radius 3 is 1.56 bits per heavy atom. The normalized spacial score (nSPS) is 18.7. The van der Waals surface area contributed by atoms with E-state index in [9.17, 15) is 40.7 Å². The third kappa shape index (κ3) is 10.8. The van der Waals surface area contributed by atoms with E-state index in [1.165, 1.54) is 36.7 Å². The fraction of sp³-hybridized carbons (Fsp3) is 0.340. The van der Waals surface area contributed by atoms with E-state index < -0.39 is 35.2 Å². The molecule has 6 aromatic rings. The Morgan fingerprint density at radius 1 is 0.635 bits per heavy atom. The molecule has 2 aliphatic carbocycles. The Kier molecular flexibility index (Phi) is 12.3. The number of fused-ring (bicyclic) bond motifs is 2.